The monoisotopic (exact) mass is 289 g/mol. The van der Waals surface area contributed by atoms with Crippen molar-refractivity contribution in [3.05, 3.63) is 0 Å². The lowest BCUT2D eigenvalue weighted by Crippen LogP contribution is -2.49. The van der Waals surface area contributed by atoms with Crippen LogP contribution in [0.15, 0.2) is 0 Å². The number of carboxylic acids is 2. The number of nitrogens with one attached hydrogen (secondary N) is 1. The highest BCUT2D eigenvalue weighted by Crippen LogP contribution is 1.98. The molecule has 8 nitrogen and oxygen atoms in total. The molecule has 20 heavy (non-hydrogen) atoms. The molecule has 0 saturated carbocycles. The third-order valence-corrected chi connectivity index (χ3v) is 2.68. The van der Waals surface area contributed by atoms with E-state index in [1.54, 1.807) is 6.92 Å². The Bertz CT molecular complexity index is 346. The molecule has 1 atom stereocenters. The van der Waals surface area contributed by atoms with Crippen LogP contribution in [0.1, 0.15) is 19.8 Å². The lowest BCUT2D eigenvalue weighted by atomic mass is 10.2. The van der Waals surface area contributed by atoms with Crippen LogP contribution >= 0.6 is 0 Å². The molecule has 2 amide bonds. The zero-order valence-corrected chi connectivity index (χ0v) is 12.1. The van der Waals surface area contributed by atoms with E-state index in [-0.39, 0.29) is 0 Å². The second kappa shape index (κ2) is 9.13. The molecule has 0 fully saturated rings. The predicted molar refractivity (Wildman–Crippen MR) is 72.6 cm³/mol. The maximum absolute atomic E-state index is 11.9. The Morgan fingerprint density at radius 2 is 1.75 bits per heavy atom. The maximum atomic E-state index is 11.9. The molecule has 0 bridgehead atoms. The van der Waals surface area contributed by atoms with Crippen LogP contribution in [0.25, 0.3) is 0 Å². The lowest BCUT2D eigenvalue weighted by molar-refractivity contribution is -0.145. The van der Waals surface area contributed by atoms with E-state index in [1.165, 1.54) is 4.90 Å². The van der Waals surface area contributed by atoms with E-state index in [9.17, 15) is 14.4 Å². The van der Waals surface area contributed by atoms with Crippen molar-refractivity contribution in [1.82, 2.24) is 15.1 Å². The Hall–Kier alpha value is -1.83. The molecule has 8 heteroatoms. The Kier molecular flexibility index (Phi) is 8.30. The molecule has 0 aromatic heterocycles. The largest absolute Gasteiger partial charge is 0.481 e. The number of amides is 2. The van der Waals surface area contributed by atoms with Gasteiger partial charge in [-0.2, -0.15) is 0 Å². The van der Waals surface area contributed by atoms with Gasteiger partial charge in [0.25, 0.3) is 0 Å². The average Bonchev–Trinajstić information content (AvgIpc) is 2.32. The maximum Gasteiger partial charge on any atom is 0.326 e. The molecular weight excluding hydrogens is 266 g/mol. The molecule has 0 aliphatic carbocycles. The summed E-state index contributed by atoms with van der Waals surface area (Å²) in [5, 5.41) is 19.7. The average molecular weight is 289 g/mol. The Morgan fingerprint density at radius 1 is 1.15 bits per heavy atom. The van der Waals surface area contributed by atoms with Crippen molar-refractivity contribution in [2.75, 3.05) is 33.7 Å². The standard InChI is InChI=1S/C12H23N3O5/c1-4-15(7-5-6-14(2)3)12(20)13-9(11(18)19)8-10(16)17/h9H,4-8H2,1-3H3,(H,13,20)(H,16,17)(H,18,19). The molecule has 0 aliphatic rings. The molecule has 0 rings (SSSR count). The fourth-order valence-electron chi connectivity index (χ4n) is 1.60. The number of carboxylic acid groups (broad SMARTS) is 2. The van der Waals surface area contributed by atoms with Crippen LogP contribution < -0.4 is 5.32 Å². The number of carbonyl (C=O) groups is 3. The summed E-state index contributed by atoms with van der Waals surface area (Å²) in [6.45, 7) is 3.50. The normalized spacial score (nSPS) is 12.0. The number of rotatable bonds is 9. The van der Waals surface area contributed by atoms with Crippen molar-refractivity contribution in [2.45, 2.75) is 25.8 Å². The summed E-state index contributed by atoms with van der Waals surface area (Å²) in [6, 6.07) is -1.97. The van der Waals surface area contributed by atoms with Gasteiger partial charge in [-0.3, -0.25) is 4.79 Å². The number of hydrogen-bond donors (Lipinski definition) is 3. The van der Waals surface area contributed by atoms with Gasteiger partial charge < -0.3 is 25.3 Å². The van der Waals surface area contributed by atoms with Crippen LogP contribution in [0.5, 0.6) is 0 Å². The molecule has 0 heterocycles. The molecule has 0 spiro atoms. The summed E-state index contributed by atoms with van der Waals surface area (Å²) in [4.78, 5) is 36.8. The minimum absolute atomic E-state index is 0.429. The van der Waals surface area contributed by atoms with Crippen LogP contribution in [-0.4, -0.2) is 77.8 Å². The first-order chi connectivity index (χ1) is 9.27. The number of hydrogen-bond acceptors (Lipinski definition) is 4. The first-order valence-electron chi connectivity index (χ1n) is 6.42. The van der Waals surface area contributed by atoms with Crippen LogP contribution in [-0.2, 0) is 9.59 Å². The summed E-state index contributed by atoms with van der Waals surface area (Å²) in [7, 11) is 3.84. The molecule has 3 N–H and O–H groups in total. The number of aliphatic carboxylic acids is 2. The zero-order valence-electron chi connectivity index (χ0n) is 12.1. The topological polar surface area (TPSA) is 110 Å². The van der Waals surface area contributed by atoms with Crippen LogP contribution in [0.4, 0.5) is 4.79 Å². The summed E-state index contributed by atoms with van der Waals surface area (Å²) in [5.74, 6) is -2.63. The van der Waals surface area contributed by atoms with Crippen molar-refractivity contribution >= 4 is 18.0 Å². The quantitative estimate of drug-likeness (QED) is 0.546. The van der Waals surface area contributed by atoms with E-state index in [1.807, 2.05) is 19.0 Å². The van der Waals surface area contributed by atoms with Gasteiger partial charge in [-0.1, -0.05) is 0 Å². The van der Waals surface area contributed by atoms with Gasteiger partial charge in [0, 0.05) is 13.1 Å². The molecule has 0 radical (unpaired) electrons. The fourth-order valence-corrected chi connectivity index (χ4v) is 1.60. The van der Waals surface area contributed by atoms with E-state index < -0.39 is 30.4 Å². The lowest BCUT2D eigenvalue weighted by Gasteiger charge is -2.24. The molecule has 0 aromatic rings. The number of urea groups is 1. The summed E-state index contributed by atoms with van der Waals surface area (Å²) in [5.41, 5.74) is 0. The Labute approximate surface area is 118 Å². The first kappa shape index (κ1) is 18.2. The Balaban J connectivity index is 4.43. The highest BCUT2D eigenvalue weighted by Gasteiger charge is 2.24. The van der Waals surface area contributed by atoms with Gasteiger partial charge in [0.05, 0.1) is 6.42 Å². The fraction of sp³-hybridized carbons (Fsp3) is 0.750. The summed E-state index contributed by atoms with van der Waals surface area (Å²) >= 11 is 0. The van der Waals surface area contributed by atoms with Gasteiger partial charge in [-0.25, -0.2) is 9.59 Å². The molecular formula is C12H23N3O5. The Morgan fingerprint density at radius 3 is 2.15 bits per heavy atom. The van der Waals surface area contributed by atoms with Gasteiger partial charge in [0.1, 0.15) is 6.04 Å². The molecule has 0 saturated heterocycles. The second-order valence-electron chi connectivity index (χ2n) is 4.67. The van der Waals surface area contributed by atoms with E-state index in [0.29, 0.717) is 13.1 Å². The minimum atomic E-state index is -1.41. The molecule has 116 valence electrons. The van der Waals surface area contributed by atoms with Crippen molar-refractivity contribution in [3.8, 4) is 0 Å². The van der Waals surface area contributed by atoms with E-state index >= 15 is 0 Å². The molecule has 0 aliphatic heterocycles. The van der Waals surface area contributed by atoms with Crippen LogP contribution in [0, 0.1) is 0 Å². The third-order valence-electron chi connectivity index (χ3n) is 2.68. The molecule has 1 unspecified atom stereocenters. The van der Waals surface area contributed by atoms with Gasteiger partial charge >= 0.3 is 18.0 Å². The van der Waals surface area contributed by atoms with Crippen LogP contribution in [0.2, 0.25) is 0 Å². The van der Waals surface area contributed by atoms with Crippen LogP contribution in [0.3, 0.4) is 0 Å². The third kappa shape index (κ3) is 7.57. The van der Waals surface area contributed by atoms with Crippen molar-refractivity contribution in [3.63, 3.8) is 0 Å². The van der Waals surface area contributed by atoms with E-state index in [0.717, 1.165) is 13.0 Å². The summed E-state index contributed by atoms with van der Waals surface area (Å²) < 4.78 is 0. The second-order valence-corrected chi connectivity index (χ2v) is 4.67. The minimum Gasteiger partial charge on any atom is -0.481 e. The molecule has 0 aromatic carbocycles. The van der Waals surface area contributed by atoms with Crippen molar-refractivity contribution in [1.29, 1.82) is 0 Å². The van der Waals surface area contributed by atoms with Gasteiger partial charge in [0.15, 0.2) is 0 Å². The summed E-state index contributed by atoms with van der Waals surface area (Å²) in [6.07, 6.45) is 0.112. The zero-order chi connectivity index (χ0) is 15.7. The predicted octanol–water partition coefficient (Wildman–Crippen LogP) is -0.102. The highest BCUT2D eigenvalue weighted by atomic mass is 16.4. The van der Waals surface area contributed by atoms with Crippen molar-refractivity contribution < 1.29 is 24.6 Å². The first-order valence-corrected chi connectivity index (χ1v) is 6.42. The highest BCUT2D eigenvalue weighted by molar-refractivity contribution is 5.86. The van der Waals surface area contributed by atoms with Gasteiger partial charge in [0.2, 0.25) is 0 Å². The number of nitrogens with zero attached hydrogens (tertiary/aromatic N) is 2. The van der Waals surface area contributed by atoms with Gasteiger partial charge in [-0.15, -0.1) is 0 Å². The van der Waals surface area contributed by atoms with Crippen molar-refractivity contribution in [2.24, 2.45) is 0 Å². The smallest absolute Gasteiger partial charge is 0.326 e. The van der Waals surface area contributed by atoms with Gasteiger partial charge in [-0.05, 0) is 34.0 Å². The van der Waals surface area contributed by atoms with E-state index in [4.69, 9.17) is 10.2 Å². The number of carbonyl (C=O) groups excluding carboxylic acids is 1. The SMILES string of the molecule is CCN(CCCN(C)C)C(=O)NC(CC(=O)O)C(=O)O. The van der Waals surface area contributed by atoms with E-state index in [2.05, 4.69) is 5.32 Å².